The predicted molar refractivity (Wildman–Crippen MR) is 85.2 cm³/mol. The molecule has 2 aromatic rings. The minimum atomic E-state index is -0.131. The maximum absolute atomic E-state index is 12.6. The first-order valence-corrected chi connectivity index (χ1v) is 7.52. The molecule has 110 valence electrons. The largest absolute Gasteiger partial charge is 0.508 e. The van der Waals surface area contributed by atoms with Crippen LogP contribution >= 0.6 is 15.9 Å². The van der Waals surface area contributed by atoms with Crippen molar-refractivity contribution >= 4 is 21.8 Å². The topological polar surface area (TPSA) is 53.4 Å². The highest BCUT2D eigenvalue weighted by Crippen LogP contribution is 2.25. The summed E-state index contributed by atoms with van der Waals surface area (Å²) in [6.07, 6.45) is 3.21. The van der Waals surface area contributed by atoms with E-state index >= 15 is 0 Å². The molecular formula is C16H17BrN2O2. The van der Waals surface area contributed by atoms with Gasteiger partial charge in [0.25, 0.3) is 5.91 Å². The Morgan fingerprint density at radius 2 is 2.14 bits per heavy atom. The van der Waals surface area contributed by atoms with Crippen molar-refractivity contribution in [2.75, 3.05) is 6.54 Å². The summed E-state index contributed by atoms with van der Waals surface area (Å²) in [6, 6.07) is 8.60. The van der Waals surface area contributed by atoms with Gasteiger partial charge in [0.1, 0.15) is 5.75 Å². The summed E-state index contributed by atoms with van der Waals surface area (Å²) < 4.78 is 0.773. The van der Waals surface area contributed by atoms with Gasteiger partial charge in [0, 0.05) is 23.4 Å². The summed E-state index contributed by atoms with van der Waals surface area (Å²) in [5, 5.41) is 9.59. The summed E-state index contributed by atoms with van der Waals surface area (Å²) in [5.74, 6) is 0.120. The number of hydrogen-bond donors (Lipinski definition) is 1. The van der Waals surface area contributed by atoms with Gasteiger partial charge in [0.2, 0.25) is 0 Å². The van der Waals surface area contributed by atoms with Gasteiger partial charge < -0.3 is 10.0 Å². The summed E-state index contributed by atoms with van der Waals surface area (Å²) in [5.41, 5.74) is 1.44. The Hall–Kier alpha value is -1.88. The number of amides is 1. The van der Waals surface area contributed by atoms with Crippen molar-refractivity contribution in [1.29, 1.82) is 0 Å². The van der Waals surface area contributed by atoms with Crippen LogP contribution in [0.25, 0.3) is 0 Å². The number of phenolic OH excluding ortho intramolecular Hbond substituents is 1. The molecule has 0 aliphatic heterocycles. The predicted octanol–water partition coefficient (Wildman–Crippen LogP) is 3.77. The third-order valence-corrected chi connectivity index (χ3v) is 3.81. The number of aromatic nitrogens is 1. The third-order valence-electron chi connectivity index (χ3n) is 3.37. The average Bonchev–Trinajstić information content (AvgIpc) is 2.47. The Labute approximate surface area is 132 Å². The van der Waals surface area contributed by atoms with E-state index in [9.17, 15) is 9.90 Å². The Morgan fingerprint density at radius 1 is 1.38 bits per heavy atom. The zero-order valence-electron chi connectivity index (χ0n) is 12.0. The summed E-state index contributed by atoms with van der Waals surface area (Å²) in [4.78, 5) is 18.4. The van der Waals surface area contributed by atoms with Gasteiger partial charge in [-0.2, -0.15) is 0 Å². The minimum Gasteiger partial charge on any atom is -0.508 e. The van der Waals surface area contributed by atoms with E-state index in [0.717, 1.165) is 10.0 Å². The molecule has 0 fully saturated rings. The highest BCUT2D eigenvalue weighted by Gasteiger charge is 2.21. The summed E-state index contributed by atoms with van der Waals surface area (Å²) >= 11 is 3.33. The number of nitrogens with zero attached hydrogens (tertiary/aromatic N) is 2. The lowest BCUT2D eigenvalue weighted by molar-refractivity contribution is 0.0701. The van der Waals surface area contributed by atoms with Crippen LogP contribution in [0, 0.1) is 0 Å². The number of phenols is 1. The van der Waals surface area contributed by atoms with Crippen LogP contribution in [0.3, 0.4) is 0 Å². The van der Waals surface area contributed by atoms with E-state index < -0.39 is 0 Å². The van der Waals surface area contributed by atoms with Gasteiger partial charge in [-0.3, -0.25) is 9.78 Å². The van der Waals surface area contributed by atoms with Gasteiger partial charge in [-0.25, -0.2) is 0 Å². The molecule has 0 saturated carbocycles. The maximum atomic E-state index is 12.6. The number of aromatic hydroxyl groups is 1. The van der Waals surface area contributed by atoms with Crippen molar-refractivity contribution in [3.8, 4) is 5.75 Å². The standard InChI is InChI=1S/C16H17BrN2O2/c1-3-19(11(2)12-5-4-6-15(20)8-12)16(21)13-7-14(17)10-18-9-13/h4-11,20H,3H2,1-2H3. The molecule has 1 heterocycles. The van der Waals surface area contributed by atoms with E-state index in [1.54, 1.807) is 41.6 Å². The molecule has 4 nitrogen and oxygen atoms in total. The van der Waals surface area contributed by atoms with Gasteiger partial charge in [-0.15, -0.1) is 0 Å². The molecule has 21 heavy (non-hydrogen) atoms. The Bertz CT molecular complexity index is 646. The van der Waals surface area contributed by atoms with E-state index in [1.165, 1.54) is 0 Å². The molecule has 1 unspecified atom stereocenters. The number of benzene rings is 1. The molecule has 0 aliphatic rings. The molecule has 0 spiro atoms. The zero-order valence-corrected chi connectivity index (χ0v) is 13.5. The van der Waals surface area contributed by atoms with Gasteiger partial charge >= 0.3 is 0 Å². The fourth-order valence-corrected chi connectivity index (χ4v) is 2.62. The lowest BCUT2D eigenvalue weighted by Gasteiger charge is -2.28. The molecule has 2 rings (SSSR count). The van der Waals surface area contributed by atoms with Crippen molar-refractivity contribution in [3.05, 3.63) is 58.3 Å². The quantitative estimate of drug-likeness (QED) is 0.914. The molecular weight excluding hydrogens is 332 g/mol. The monoisotopic (exact) mass is 348 g/mol. The number of halogens is 1. The Morgan fingerprint density at radius 3 is 2.76 bits per heavy atom. The first kappa shape index (κ1) is 15.5. The minimum absolute atomic E-state index is 0.0813. The molecule has 1 atom stereocenters. The molecule has 1 amide bonds. The van der Waals surface area contributed by atoms with Crippen LogP contribution in [0.1, 0.15) is 35.8 Å². The lowest BCUT2D eigenvalue weighted by Crippen LogP contribution is -2.33. The van der Waals surface area contributed by atoms with Crippen molar-refractivity contribution < 1.29 is 9.90 Å². The van der Waals surface area contributed by atoms with Crippen molar-refractivity contribution in [2.45, 2.75) is 19.9 Å². The molecule has 1 aromatic carbocycles. The van der Waals surface area contributed by atoms with Crippen LogP contribution in [0.2, 0.25) is 0 Å². The molecule has 1 N–H and O–H groups in total. The smallest absolute Gasteiger partial charge is 0.255 e. The normalized spacial score (nSPS) is 12.0. The molecule has 0 radical (unpaired) electrons. The van der Waals surface area contributed by atoms with Gasteiger partial charge in [-0.05, 0) is 53.5 Å². The highest BCUT2D eigenvalue weighted by atomic mass is 79.9. The van der Waals surface area contributed by atoms with Crippen LogP contribution in [-0.4, -0.2) is 27.4 Å². The van der Waals surface area contributed by atoms with Crippen molar-refractivity contribution in [3.63, 3.8) is 0 Å². The first-order valence-electron chi connectivity index (χ1n) is 6.73. The summed E-state index contributed by atoms with van der Waals surface area (Å²) in [7, 11) is 0. The zero-order chi connectivity index (χ0) is 15.4. The molecule has 1 aromatic heterocycles. The van der Waals surface area contributed by atoms with Crippen molar-refractivity contribution in [2.24, 2.45) is 0 Å². The molecule has 0 saturated heterocycles. The lowest BCUT2D eigenvalue weighted by atomic mass is 10.1. The van der Waals surface area contributed by atoms with Crippen LogP contribution in [0.5, 0.6) is 5.75 Å². The van der Waals surface area contributed by atoms with Crippen LogP contribution in [-0.2, 0) is 0 Å². The summed E-state index contributed by atoms with van der Waals surface area (Å²) in [6.45, 7) is 4.45. The van der Waals surface area contributed by atoms with Gasteiger partial charge in [0.05, 0.1) is 11.6 Å². The van der Waals surface area contributed by atoms with Crippen LogP contribution in [0.4, 0.5) is 0 Å². The number of carbonyl (C=O) groups is 1. The fraction of sp³-hybridized carbons (Fsp3) is 0.250. The van der Waals surface area contributed by atoms with Crippen LogP contribution < -0.4 is 0 Å². The Kier molecular flexibility index (Phi) is 4.96. The number of hydrogen-bond acceptors (Lipinski definition) is 3. The van der Waals surface area contributed by atoms with Gasteiger partial charge in [0.15, 0.2) is 0 Å². The van der Waals surface area contributed by atoms with E-state index in [1.807, 2.05) is 19.9 Å². The van der Waals surface area contributed by atoms with E-state index in [-0.39, 0.29) is 17.7 Å². The first-order chi connectivity index (χ1) is 10.0. The maximum Gasteiger partial charge on any atom is 0.255 e. The molecule has 0 bridgehead atoms. The molecule has 0 aliphatic carbocycles. The second-order valence-corrected chi connectivity index (χ2v) is 5.67. The SMILES string of the molecule is CCN(C(=O)c1cncc(Br)c1)C(C)c1cccc(O)c1. The van der Waals surface area contributed by atoms with E-state index in [2.05, 4.69) is 20.9 Å². The number of rotatable bonds is 4. The second-order valence-electron chi connectivity index (χ2n) is 4.75. The van der Waals surface area contributed by atoms with E-state index in [4.69, 9.17) is 0 Å². The molecule has 5 heteroatoms. The van der Waals surface area contributed by atoms with E-state index in [0.29, 0.717) is 12.1 Å². The average molecular weight is 349 g/mol. The third kappa shape index (κ3) is 3.61. The fourth-order valence-electron chi connectivity index (χ4n) is 2.25. The highest BCUT2D eigenvalue weighted by molar-refractivity contribution is 9.10. The number of carbonyl (C=O) groups excluding carboxylic acids is 1. The van der Waals surface area contributed by atoms with Gasteiger partial charge in [-0.1, -0.05) is 12.1 Å². The van der Waals surface area contributed by atoms with Crippen LogP contribution in [0.15, 0.2) is 47.2 Å². The number of pyridine rings is 1. The second kappa shape index (κ2) is 6.72. The Balaban J connectivity index is 2.28. The van der Waals surface area contributed by atoms with Crippen molar-refractivity contribution in [1.82, 2.24) is 9.88 Å².